The van der Waals surface area contributed by atoms with Crippen LogP contribution in [0.1, 0.15) is 42.0 Å². The molecule has 0 radical (unpaired) electrons. The van der Waals surface area contributed by atoms with E-state index in [2.05, 4.69) is 31.2 Å². The molecule has 0 spiro atoms. The van der Waals surface area contributed by atoms with Gasteiger partial charge in [-0.3, -0.25) is 0 Å². The normalized spacial score (nSPS) is 23.1. The van der Waals surface area contributed by atoms with Crippen molar-refractivity contribution in [2.45, 2.75) is 57.3 Å². The SMILES string of the molecule is CCc1ccc(Cc2ccc(O)c(CC3OC(CO)CCC3O)c2)cc1. The molecule has 0 saturated carbocycles. The van der Waals surface area contributed by atoms with Gasteiger partial charge in [0.15, 0.2) is 0 Å². The largest absolute Gasteiger partial charge is 0.508 e. The molecule has 3 N–H and O–H groups in total. The van der Waals surface area contributed by atoms with E-state index < -0.39 is 12.2 Å². The Kier molecular flexibility index (Phi) is 6.30. The average molecular weight is 356 g/mol. The Morgan fingerprint density at radius 1 is 1.00 bits per heavy atom. The maximum atomic E-state index is 10.2. The minimum absolute atomic E-state index is 0.0387. The highest BCUT2D eigenvalue weighted by Gasteiger charge is 2.30. The van der Waals surface area contributed by atoms with E-state index in [0.717, 1.165) is 24.0 Å². The molecule has 3 atom stereocenters. The molecule has 1 aliphatic rings. The summed E-state index contributed by atoms with van der Waals surface area (Å²) in [7, 11) is 0. The predicted octanol–water partition coefficient (Wildman–Crippen LogP) is 2.99. The van der Waals surface area contributed by atoms with Crippen molar-refractivity contribution in [2.24, 2.45) is 0 Å². The monoisotopic (exact) mass is 356 g/mol. The number of aryl methyl sites for hydroxylation is 1. The van der Waals surface area contributed by atoms with Gasteiger partial charge in [0.25, 0.3) is 0 Å². The van der Waals surface area contributed by atoms with Crippen LogP contribution in [0.15, 0.2) is 42.5 Å². The van der Waals surface area contributed by atoms with E-state index in [-0.39, 0.29) is 18.5 Å². The summed E-state index contributed by atoms with van der Waals surface area (Å²) >= 11 is 0. The first-order valence-electron chi connectivity index (χ1n) is 9.42. The Bertz CT molecular complexity index is 711. The van der Waals surface area contributed by atoms with Crippen LogP contribution in [0.3, 0.4) is 0 Å². The average Bonchev–Trinajstić information content (AvgIpc) is 2.66. The molecule has 1 aliphatic heterocycles. The first-order valence-corrected chi connectivity index (χ1v) is 9.42. The molecule has 3 unspecified atom stereocenters. The van der Waals surface area contributed by atoms with Crippen molar-refractivity contribution in [1.29, 1.82) is 0 Å². The number of aromatic hydroxyl groups is 1. The maximum Gasteiger partial charge on any atom is 0.118 e. The molecule has 0 aliphatic carbocycles. The van der Waals surface area contributed by atoms with Crippen molar-refractivity contribution < 1.29 is 20.1 Å². The number of phenolic OH excluding ortho intramolecular Hbond substituents is 1. The van der Waals surface area contributed by atoms with E-state index in [0.29, 0.717) is 19.3 Å². The van der Waals surface area contributed by atoms with Crippen molar-refractivity contribution in [2.75, 3.05) is 6.61 Å². The van der Waals surface area contributed by atoms with Crippen LogP contribution in [0, 0.1) is 0 Å². The van der Waals surface area contributed by atoms with Gasteiger partial charge in [-0.1, -0.05) is 43.3 Å². The van der Waals surface area contributed by atoms with Gasteiger partial charge in [-0.25, -0.2) is 0 Å². The van der Waals surface area contributed by atoms with Crippen LogP contribution >= 0.6 is 0 Å². The Hall–Kier alpha value is -1.88. The highest BCUT2D eigenvalue weighted by Crippen LogP contribution is 2.27. The van der Waals surface area contributed by atoms with E-state index in [1.54, 1.807) is 6.07 Å². The summed E-state index contributed by atoms with van der Waals surface area (Å²) in [5.74, 6) is 0.219. The summed E-state index contributed by atoms with van der Waals surface area (Å²) in [5.41, 5.74) is 4.44. The number of hydrogen-bond donors (Lipinski definition) is 3. The molecule has 1 heterocycles. The molecule has 0 amide bonds. The molecule has 1 fully saturated rings. The Morgan fingerprint density at radius 2 is 1.69 bits per heavy atom. The zero-order valence-corrected chi connectivity index (χ0v) is 15.3. The van der Waals surface area contributed by atoms with Crippen LogP contribution < -0.4 is 0 Å². The lowest BCUT2D eigenvalue weighted by Crippen LogP contribution is -2.41. The topological polar surface area (TPSA) is 69.9 Å². The first kappa shape index (κ1) is 18.9. The van der Waals surface area contributed by atoms with Crippen molar-refractivity contribution in [3.8, 4) is 5.75 Å². The lowest BCUT2D eigenvalue weighted by Gasteiger charge is -2.33. The van der Waals surface area contributed by atoms with Crippen LogP contribution in [-0.2, 0) is 24.0 Å². The van der Waals surface area contributed by atoms with Crippen molar-refractivity contribution in [3.05, 3.63) is 64.7 Å². The highest BCUT2D eigenvalue weighted by atomic mass is 16.5. The first-order chi connectivity index (χ1) is 12.6. The molecule has 0 aromatic heterocycles. The maximum absolute atomic E-state index is 10.2. The van der Waals surface area contributed by atoms with Gasteiger partial charge in [-0.15, -0.1) is 0 Å². The molecule has 2 aromatic rings. The summed E-state index contributed by atoms with van der Waals surface area (Å²) in [5, 5.41) is 29.7. The molecular weight excluding hydrogens is 328 g/mol. The molecule has 4 nitrogen and oxygen atoms in total. The second kappa shape index (κ2) is 8.67. The third-order valence-corrected chi connectivity index (χ3v) is 5.19. The van der Waals surface area contributed by atoms with Gasteiger partial charge in [0.05, 0.1) is 24.9 Å². The minimum atomic E-state index is -0.567. The second-order valence-electron chi connectivity index (χ2n) is 7.14. The number of hydrogen-bond acceptors (Lipinski definition) is 4. The summed E-state index contributed by atoms with van der Waals surface area (Å²) in [4.78, 5) is 0. The summed E-state index contributed by atoms with van der Waals surface area (Å²) in [6.07, 6.45) is 2.34. The second-order valence-corrected chi connectivity index (χ2v) is 7.14. The fourth-order valence-corrected chi connectivity index (χ4v) is 3.52. The molecule has 2 aromatic carbocycles. The van der Waals surface area contributed by atoms with Crippen LogP contribution in [0.5, 0.6) is 5.75 Å². The zero-order valence-electron chi connectivity index (χ0n) is 15.3. The fourth-order valence-electron chi connectivity index (χ4n) is 3.52. The van der Waals surface area contributed by atoms with Gasteiger partial charge < -0.3 is 20.1 Å². The Balaban J connectivity index is 1.72. The fraction of sp³-hybridized carbons (Fsp3) is 0.455. The van der Waals surface area contributed by atoms with Gasteiger partial charge in [0.1, 0.15) is 5.75 Å². The van der Waals surface area contributed by atoms with Gasteiger partial charge in [0.2, 0.25) is 0 Å². The van der Waals surface area contributed by atoms with Crippen molar-refractivity contribution in [3.63, 3.8) is 0 Å². The van der Waals surface area contributed by atoms with Crippen LogP contribution in [0.25, 0.3) is 0 Å². The molecule has 4 heteroatoms. The van der Waals surface area contributed by atoms with Crippen molar-refractivity contribution >= 4 is 0 Å². The zero-order chi connectivity index (χ0) is 18.5. The quantitative estimate of drug-likeness (QED) is 0.744. The van der Waals surface area contributed by atoms with Gasteiger partial charge in [-0.05, 0) is 54.0 Å². The Labute approximate surface area is 155 Å². The van der Waals surface area contributed by atoms with Crippen LogP contribution in [0.2, 0.25) is 0 Å². The standard InChI is InChI=1S/C22H28O4/c1-2-15-3-5-16(6-4-15)11-17-7-9-20(24)18(12-17)13-22-21(25)10-8-19(14-23)26-22/h3-7,9,12,19,21-25H,2,8,10-11,13-14H2,1H3. The predicted molar refractivity (Wildman–Crippen MR) is 101 cm³/mol. The molecule has 140 valence electrons. The highest BCUT2D eigenvalue weighted by molar-refractivity contribution is 5.39. The lowest BCUT2D eigenvalue weighted by atomic mass is 9.94. The number of rotatable bonds is 6. The molecule has 3 rings (SSSR count). The number of aliphatic hydroxyl groups is 2. The van der Waals surface area contributed by atoms with Crippen LogP contribution in [-0.4, -0.2) is 40.2 Å². The number of phenols is 1. The molecule has 1 saturated heterocycles. The van der Waals surface area contributed by atoms with E-state index >= 15 is 0 Å². The van der Waals surface area contributed by atoms with Crippen molar-refractivity contribution in [1.82, 2.24) is 0 Å². The third-order valence-electron chi connectivity index (χ3n) is 5.19. The summed E-state index contributed by atoms with van der Waals surface area (Å²) in [6, 6.07) is 14.2. The van der Waals surface area contributed by atoms with E-state index in [4.69, 9.17) is 4.74 Å². The van der Waals surface area contributed by atoms with E-state index in [1.807, 2.05) is 12.1 Å². The summed E-state index contributed by atoms with van der Waals surface area (Å²) in [6.45, 7) is 2.10. The van der Waals surface area contributed by atoms with Gasteiger partial charge in [-0.2, -0.15) is 0 Å². The van der Waals surface area contributed by atoms with Crippen LogP contribution in [0.4, 0.5) is 0 Å². The third kappa shape index (κ3) is 4.64. The minimum Gasteiger partial charge on any atom is -0.508 e. The van der Waals surface area contributed by atoms with E-state index in [9.17, 15) is 15.3 Å². The smallest absolute Gasteiger partial charge is 0.118 e. The summed E-state index contributed by atoms with van der Waals surface area (Å²) < 4.78 is 5.78. The molecular formula is C22H28O4. The number of aliphatic hydroxyl groups excluding tert-OH is 2. The number of benzene rings is 2. The lowest BCUT2D eigenvalue weighted by molar-refractivity contribution is -0.129. The Morgan fingerprint density at radius 3 is 2.38 bits per heavy atom. The van der Waals surface area contributed by atoms with Gasteiger partial charge >= 0.3 is 0 Å². The van der Waals surface area contributed by atoms with Gasteiger partial charge in [0, 0.05) is 6.42 Å². The molecule has 26 heavy (non-hydrogen) atoms. The number of ether oxygens (including phenoxy) is 1. The van der Waals surface area contributed by atoms with E-state index in [1.165, 1.54) is 11.1 Å². The molecule has 0 bridgehead atoms.